The first-order valence-corrected chi connectivity index (χ1v) is 10.4. The van der Waals surface area contributed by atoms with Gasteiger partial charge in [0, 0.05) is 25.0 Å². The largest absolute Gasteiger partial charge is 0.354 e. The van der Waals surface area contributed by atoms with Crippen molar-refractivity contribution in [2.24, 2.45) is 0 Å². The highest BCUT2D eigenvalue weighted by atomic mass is 16.2. The molecule has 0 saturated heterocycles. The molecule has 0 bridgehead atoms. The Morgan fingerprint density at radius 1 is 1.06 bits per heavy atom. The molecular weight excluding hydrogens is 400 g/mol. The number of nitrogens with zero attached hydrogens (tertiary/aromatic N) is 4. The van der Waals surface area contributed by atoms with E-state index in [0.29, 0.717) is 10.9 Å². The SMILES string of the molecule is CC[C@H](C)NC(=O)CCn1c(=O)c2ccccc2n2c(=O)n(CC(=O)NC(C)C)nc12. The Hall–Kier alpha value is -3.43. The summed E-state index contributed by atoms with van der Waals surface area (Å²) in [6.45, 7) is 7.30. The maximum atomic E-state index is 13.1. The minimum Gasteiger partial charge on any atom is -0.354 e. The number of aryl methyl sites for hydroxylation is 1. The average molecular weight is 428 g/mol. The molecule has 3 aromatic rings. The molecule has 0 unspecified atom stereocenters. The third-order valence-electron chi connectivity index (χ3n) is 5.01. The van der Waals surface area contributed by atoms with E-state index >= 15 is 0 Å². The van der Waals surface area contributed by atoms with Crippen LogP contribution in [0.3, 0.4) is 0 Å². The number of aromatic nitrogens is 4. The Balaban J connectivity index is 2.08. The van der Waals surface area contributed by atoms with Crippen LogP contribution < -0.4 is 21.9 Å². The maximum Gasteiger partial charge on any atom is 0.352 e. The van der Waals surface area contributed by atoms with Crippen molar-refractivity contribution in [3.8, 4) is 0 Å². The number of rotatable bonds is 8. The molecule has 3 rings (SSSR count). The molecule has 10 heteroatoms. The lowest BCUT2D eigenvalue weighted by atomic mass is 10.2. The number of carbonyl (C=O) groups excluding carboxylic acids is 2. The van der Waals surface area contributed by atoms with Gasteiger partial charge in [-0.25, -0.2) is 13.9 Å². The zero-order valence-corrected chi connectivity index (χ0v) is 18.2. The van der Waals surface area contributed by atoms with Gasteiger partial charge in [0.05, 0.1) is 10.9 Å². The molecule has 2 N–H and O–H groups in total. The van der Waals surface area contributed by atoms with Gasteiger partial charge >= 0.3 is 5.69 Å². The van der Waals surface area contributed by atoms with Gasteiger partial charge < -0.3 is 10.6 Å². The molecule has 0 radical (unpaired) electrons. The number of benzene rings is 1. The summed E-state index contributed by atoms with van der Waals surface area (Å²) in [5.74, 6) is -0.445. The summed E-state index contributed by atoms with van der Waals surface area (Å²) < 4.78 is 3.66. The summed E-state index contributed by atoms with van der Waals surface area (Å²) >= 11 is 0. The predicted octanol–water partition coefficient (Wildman–Crippen LogP) is 0.640. The van der Waals surface area contributed by atoms with E-state index in [1.165, 1.54) is 8.97 Å². The molecule has 0 aliphatic heterocycles. The molecule has 0 aliphatic carbocycles. The smallest absolute Gasteiger partial charge is 0.352 e. The number of para-hydroxylation sites is 1. The topological polar surface area (TPSA) is 120 Å². The molecule has 0 aliphatic rings. The van der Waals surface area contributed by atoms with Gasteiger partial charge in [0.15, 0.2) is 0 Å². The van der Waals surface area contributed by atoms with Crippen LogP contribution in [-0.4, -0.2) is 42.6 Å². The predicted molar refractivity (Wildman–Crippen MR) is 117 cm³/mol. The molecule has 2 heterocycles. The van der Waals surface area contributed by atoms with Gasteiger partial charge in [-0.1, -0.05) is 19.1 Å². The fourth-order valence-electron chi connectivity index (χ4n) is 3.34. The number of hydrogen-bond donors (Lipinski definition) is 2. The molecule has 166 valence electrons. The van der Waals surface area contributed by atoms with Gasteiger partial charge in [-0.05, 0) is 39.3 Å². The highest BCUT2D eigenvalue weighted by molar-refractivity contribution is 5.80. The zero-order chi connectivity index (χ0) is 22.7. The quantitative estimate of drug-likeness (QED) is 0.546. The second-order valence-electron chi connectivity index (χ2n) is 7.90. The molecule has 2 amide bonds. The van der Waals surface area contributed by atoms with E-state index < -0.39 is 5.69 Å². The number of hydrogen-bond acceptors (Lipinski definition) is 5. The van der Waals surface area contributed by atoms with Crippen LogP contribution >= 0.6 is 0 Å². The van der Waals surface area contributed by atoms with E-state index in [-0.39, 0.29) is 54.7 Å². The summed E-state index contributed by atoms with van der Waals surface area (Å²) in [5.41, 5.74) is -0.463. The molecule has 1 atom stereocenters. The van der Waals surface area contributed by atoms with Crippen LogP contribution in [0.25, 0.3) is 16.7 Å². The van der Waals surface area contributed by atoms with Crippen LogP contribution in [0, 0.1) is 0 Å². The number of fused-ring (bicyclic) bond motifs is 3. The van der Waals surface area contributed by atoms with E-state index in [4.69, 9.17) is 0 Å². The maximum absolute atomic E-state index is 13.1. The van der Waals surface area contributed by atoms with Crippen molar-refractivity contribution in [2.45, 2.75) is 65.7 Å². The van der Waals surface area contributed by atoms with Crippen molar-refractivity contribution < 1.29 is 9.59 Å². The second kappa shape index (κ2) is 9.15. The molecule has 0 spiro atoms. The van der Waals surface area contributed by atoms with Crippen LogP contribution in [0.5, 0.6) is 0 Å². The van der Waals surface area contributed by atoms with Crippen LogP contribution in [0.1, 0.15) is 40.5 Å². The molecule has 31 heavy (non-hydrogen) atoms. The van der Waals surface area contributed by atoms with Crippen LogP contribution in [0.4, 0.5) is 0 Å². The van der Waals surface area contributed by atoms with Gasteiger partial charge in [-0.2, -0.15) is 0 Å². The summed E-state index contributed by atoms with van der Waals surface area (Å²) in [7, 11) is 0. The third-order valence-corrected chi connectivity index (χ3v) is 5.01. The minimum absolute atomic E-state index is 0.0298. The fourth-order valence-corrected chi connectivity index (χ4v) is 3.34. The molecule has 0 fully saturated rings. The summed E-state index contributed by atoms with van der Waals surface area (Å²) in [5, 5.41) is 10.2. The van der Waals surface area contributed by atoms with Crippen molar-refractivity contribution in [1.29, 1.82) is 0 Å². The Morgan fingerprint density at radius 2 is 1.77 bits per heavy atom. The Labute approximate surface area is 178 Å². The lowest BCUT2D eigenvalue weighted by molar-refractivity contribution is -0.123. The Morgan fingerprint density at radius 3 is 2.45 bits per heavy atom. The highest BCUT2D eigenvalue weighted by Gasteiger charge is 2.19. The van der Waals surface area contributed by atoms with Gasteiger partial charge in [0.25, 0.3) is 5.56 Å². The highest BCUT2D eigenvalue weighted by Crippen LogP contribution is 2.11. The van der Waals surface area contributed by atoms with Crippen molar-refractivity contribution in [3.63, 3.8) is 0 Å². The lowest BCUT2D eigenvalue weighted by Crippen LogP contribution is -2.36. The van der Waals surface area contributed by atoms with Crippen molar-refractivity contribution in [1.82, 2.24) is 29.4 Å². The standard InChI is InChI=1S/C21H28N6O4/c1-5-14(4)23-17(28)10-11-25-19(30)15-8-6-7-9-16(15)27-20(25)24-26(21(27)31)12-18(29)22-13(2)3/h6-9,13-14H,5,10-12H2,1-4H3,(H,22,29)(H,23,28)/t14-/m0/s1. The van der Waals surface area contributed by atoms with E-state index in [1.54, 1.807) is 24.3 Å². The Kier molecular flexibility index (Phi) is 6.57. The summed E-state index contributed by atoms with van der Waals surface area (Å²) in [6, 6.07) is 6.67. The number of amides is 2. The first-order valence-electron chi connectivity index (χ1n) is 10.4. The van der Waals surface area contributed by atoms with E-state index in [1.807, 2.05) is 27.7 Å². The molecule has 0 saturated carbocycles. The van der Waals surface area contributed by atoms with E-state index in [0.717, 1.165) is 11.1 Å². The molecule has 2 aromatic heterocycles. The number of carbonyl (C=O) groups is 2. The third kappa shape index (κ3) is 4.68. The van der Waals surface area contributed by atoms with Crippen LogP contribution in [0.2, 0.25) is 0 Å². The normalized spacial score (nSPS) is 12.4. The van der Waals surface area contributed by atoms with Crippen LogP contribution in [0.15, 0.2) is 33.9 Å². The number of nitrogens with one attached hydrogen (secondary N) is 2. The van der Waals surface area contributed by atoms with Crippen molar-refractivity contribution in [2.75, 3.05) is 0 Å². The monoisotopic (exact) mass is 428 g/mol. The second-order valence-corrected chi connectivity index (χ2v) is 7.90. The van der Waals surface area contributed by atoms with Crippen LogP contribution in [-0.2, 0) is 22.7 Å². The lowest BCUT2D eigenvalue weighted by Gasteiger charge is -2.12. The van der Waals surface area contributed by atoms with Crippen molar-refractivity contribution in [3.05, 3.63) is 45.1 Å². The van der Waals surface area contributed by atoms with Gasteiger partial charge in [0.1, 0.15) is 6.54 Å². The molecular formula is C21H28N6O4. The van der Waals surface area contributed by atoms with E-state index in [2.05, 4.69) is 15.7 Å². The zero-order valence-electron chi connectivity index (χ0n) is 18.2. The average Bonchev–Trinajstić information content (AvgIpc) is 3.03. The van der Waals surface area contributed by atoms with Gasteiger partial charge in [0.2, 0.25) is 17.6 Å². The van der Waals surface area contributed by atoms with Crippen molar-refractivity contribution >= 4 is 28.5 Å². The van der Waals surface area contributed by atoms with Gasteiger partial charge in [-0.3, -0.25) is 19.0 Å². The minimum atomic E-state index is -0.525. The molecule has 10 nitrogen and oxygen atoms in total. The molecule has 1 aromatic carbocycles. The Bertz CT molecular complexity index is 1240. The van der Waals surface area contributed by atoms with Gasteiger partial charge in [-0.15, -0.1) is 5.10 Å². The fraction of sp³-hybridized carbons (Fsp3) is 0.476. The first-order chi connectivity index (χ1) is 14.7. The summed E-state index contributed by atoms with van der Waals surface area (Å²) in [6.07, 6.45) is 0.858. The summed E-state index contributed by atoms with van der Waals surface area (Å²) in [4.78, 5) is 50.6. The van der Waals surface area contributed by atoms with E-state index in [9.17, 15) is 19.2 Å². The first kappa shape index (κ1) is 22.3.